The molecule has 0 spiro atoms. The van der Waals surface area contributed by atoms with Crippen LogP contribution >= 0.6 is 11.6 Å². The number of fused-ring (bicyclic) bond motifs is 6. The van der Waals surface area contributed by atoms with E-state index in [4.69, 9.17) is 40.5 Å². The van der Waals surface area contributed by atoms with Gasteiger partial charge in [0, 0.05) is 35.8 Å². The first-order chi connectivity index (χ1) is 30.2. The van der Waals surface area contributed by atoms with Crippen molar-refractivity contribution in [2.24, 2.45) is 0 Å². The van der Waals surface area contributed by atoms with Crippen LogP contribution in [0.2, 0.25) is 5.02 Å². The fraction of sp³-hybridized carbons (Fsp3) is 0.378. The highest BCUT2D eigenvalue weighted by Gasteiger charge is 2.39. The van der Waals surface area contributed by atoms with Crippen LogP contribution in [-0.2, 0) is 23.8 Å². The standard InChI is InChI=1S/C45H49ClN8O8/c1-59-44(57)51-35-26-61-21-5-6-22-62-38-23-29(17-18-31(38)34-25-48-41(50-34)36-11-7-19-53(36)42(35)55)27-13-15-28(16-14-27)33-24-47-40(49-33)37-12-8-20-54(37)43(56)39(52-45(58)60-2)30-9-3-4-10-32(30)46/h3-4,9-10,13-18,23-25,35-37,39H,5-8,11-12,19-22,26H2,1-2H3,(H,47,49)(H,48,50)(H,51,57)(H,52,58)/t35-,36-,37-,39+/m0/s1. The number of hydrogen-bond acceptors (Lipinski definition) is 10. The van der Waals surface area contributed by atoms with Crippen molar-refractivity contribution in [2.45, 2.75) is 62.7 Å². The SMILES string of the molecule is COC(=O)N[C@H]1COCCCCOc2cc(-c3ccc(-c4cnc([C@@H]5CCCN5C(=O)[C@H](NC(=O)OC)c5ccccc5Cl)[nH]4)cc3)ccc2-c2cnc([nH]2)[C@@H]2CCCN2C1=O. The van der Waals surface area contributed by atoms with Crippen molar-refractivity contribution in [3.05, 3.63) is 101 Å². The lowest BCUT2D eigenvalue weighted by Crippen LogP contribution is -2.50. The van der Waals surface area contributed by atoms with Gasteiger partial charge in [-0.15, -0.1) is 0 Å². The van der Waals surface area contributed by atoms with Gasteiger partial charge in [-0.25, -0.2) is 19.6 Å². The first kappa shape index (κ1) is 42.3. The van der Waals surface area contributed by atoms with Crippen LogP contribution in [-0.4, -0.2) is 107 Å². The lowest BCUT2D eigenvalue weighted by molar-refractivity contribution is -0.136. The molecule has 0 unspecified atom stereocenters. The molecule has 3 aromatic carbocycles. The fourth-order valence-electron chi connectivity index (χ4n) is 8.40. The van der Waals surface area contributed by atoms with Crippen LogP contribution in [0.25, 0.3) is 33.6 Å². The van der Waals surface area contributed by atoms with Gasteiger partial charge >= 0.3 is 12.2 Å². The Balaban J connectivity index is 1.00. The van der Waals surface area contributed by atoms with Gasteiger partial charge in [-0.3, -0.25) is 9.59 Å². The zero-order chi connectivity index (χ0) is 43.2. The number of aromatic amines is 2. The number of nitrogens with one attached hydrogen (secondary N) is 4. The number of hydrogen-bond donors (Lipinski definition) is 4. The summed E-state index contributed by atoms with van der Waals surface area (Å²) in [5, 5.41) is 5.68. The summed E-state index contributed by atoms with van der Waals surface area (Å²) in [5.41, 5.74) is 5.77. The van der Waals surface area contributed by atoms with E-state index in [9.17, 15) is 19.2 Å². The summed E-state index contributed by atoms with van der Waals surface area (Å²) >= 11 is 6.48. The molecule has 0 aliphatic carbocycles. The number of imidazole rings is 2. The van der Waals surface area contributed by atoms with Gasteiger partial charge in [-0.2, -0.15) is 0 Å². The molecular formula is C45H49ClN8O8. The average molecular weight is 865 g/mol. The fourth-order valence-corrected chi connectivity index (χ4v) is 8.65. The summed E-state index contributed by atoms with van der Waals surface area (Å²) in [6.07, 6.45) is 6.51. The molecule has 324 valence electrons. The Kier molecular flexibility index (Phi) is 13.0. The number of rotatable bonds is 7. The van der Waals surface area contributed by atoms with Gasteiger partial charge in [-0.05, 0) is 73.4 Å². The third-order valence-corrected chi connectivity index (χ3v) is 12.0. The normalized spacial score (nSPS) is 19.8. The quantitative estimate of drug-likeness (QED) is 0.131. The molecule has 3 aliphatic rings. The molecule has 2 bridgehead atoms. The molecule has 17 heteroatoms. The van der Waals surface area contributed by atoms with Crippen LogP contribution in [0, 0.1) is 0 Å². The Hall–Kier alpha value is -6.39. The van der Waals surface area contributed by atoms with Crippen molar-refractivity contribution >= 4 is 35.6 Å². The number of carbonyl (C=O) groups is 4. The Morgan fingerprint density at radius 2 is 1.48 bits per heavy atom. The lowest BCUT2D eigenvalue weighted by atomic mass is 10.00. The molecule has 0 radical (unpaired) electrons. The molecular weight excluding hydrogens is 816 g/mol. The number of alkyl carbamates (subject to hydrolysis) is 2. The number of methoxy groups -OCH3 is 2. The molecule has 4 N–H and O–H groups in total. The minimum absolute atomic E-state index is 0.0252. The summed E-state index contributed by atoms with van der Waals surface area (Å²) in [4.78, 5) is 72.1. The van der Waals surface area contributed by atoms with Gasteiger partial charge in [0.05, 0.1) is 63.3 Å². The van der Waals surface area contributed by atoms with E-state index in [1.54, 1.807) is 46.5 Å². The number of halogens is 1. The van der Waals surface area contributed by atoms with E-state index >= 15 is 0 Å². The number of H-pyrrole nitrogens is 2. The first-order valence-corrected chi connectivity index (χ1v) is 21.2. The van der Waals surface area contributed by atoms with Crippen LogP contribution < -0.4 is 15.4 Å². The molecule has 4 amide bonds. The molecule has 62 heavy (non-hydrogen) atoms. The number of aromatic nitrogens is 4. The molecule has 3 aliphatic heterocycles. The summed E-state index contributed by atoms with van der Waals surface area (Å²) in [6.45, 7) is 1.89. The van der Waals surface area contributed by atoms with Gasteiger partial charge in [0.1, 0.15) is 29.5 Å². The number of benzene rings is 3. The summed E-state index contributed by atoms with van der Waals surface area (Å²) in [7, 11) is 2.52. The molecule has 5 heterocycles. The topological polar surface area (TPSA) is 193 Å². The number of carbonyl (C=O) groups excluding carboxylic acids is 4. The van der Waals surface area contributed by atoms with Gasteiger partial charge in [-0.1, -0.05) is 60.1 Å². The second-order valence-corrected chi connectivity index (χ2v) is 15.8. The number of amides is 4. The predicted molar refractivity (Wildman–Crippen MR) is 229 cm³/mol. The number of ether oxygens (including phenoxy) is 4. The molecule has 16 nitrogen and oxygen atoms in total. The Morgan fingerprint density at radius 3 is 2.27 bits per heavy atom. The minimum atomic E-state index is -1.03. The van der Waals surface area contributed by atoms with Crippen LogP contribution in [0.3, 0.4) is 0 Å². The monoisotopic (exact) mass is 864 g/mol. The van der Waals surface area contributed by atoms with E-state index in [1.165, 1.54) is 14.2 Å². The van der Waals surface area contributed by atoms with Gasteiger partial charge in [0.25, 0.3) is 5.91 Å². The van der Waals surface area contributed by atoms with Gasteiger partial charge in [0.15, 0.2) is 0 Å². The maximum absolute atomic E-state index is 14.1. The van der Waals surface area contributed by atoms with Gasteiger partial charge in [0.2, 0.25) is 5.91 Å². The van der Waals surface area contributed by atoms with Crippen molar-refractivity contribution in [1.29, 1.82) is 0 Å². The highest BCUT2D eigenvalue weighted by Crippen LogP contribution is 2.38. The number of nitrogens with zero attached hydrogens (tertiary/aromatic N) is 4. The third-order valence-electron chi connectivity index (χ3n) is 11.6. The van der Waals surface area contributed by atoms with E-state index in [-0.39, 0.29) is 30.5 Å². The van der Waals surface area contributed by atoms with Crippen molar-refractivity contribution in [3.63, 3.8) is 0 Å². The molecule has 2 saturated heterocycles. The molecule has 2 fully saturated rings. The van der Waals surface area contributed by atoms with Crippen LogP contribution in [0.4, 0.5) is 9.59 Å². The Bertz CT molecular complexity index is 2400. The molecule has 0 saturated carbocycles. The van der Waals surface area contributed by atoms with Crippen molar-refractivity contribution in [2.75, 3.05) is 47.1 Å². The van der Waals surface area contributed by atoms with Crippen LogP contribution in [0.15, 0.2) is 79.1 Å². The van der Waals surface area contributed by atoms with E-state index in [1.807, 2.05) is 42.5 Å². The lowest BCUT2D eigenvalue weighted by Gasteiger charge is -2.28. The second-order valence-electron chi connectivity index (χ2n) is 15.4. The summed E-state index contributed by atoms with van der Waals surface area (Å²) < 4.78 is 21.9. The molecule has 2 aromatic heterocycles. The largest absolute Gasteiger partial charge is 0.493 e. The summed E-state index contributed by atoms with van der Waals surface area (Å²) in [6, 6.07) is 18.6. The Morgan fingerprint density at radius 1 is 0.806 bits per heavy atom. The molecule has 4 atom stereocenters. The maximum Gasteiger partial charge on any atom is 0.407 e. The molecule has 8 rings (SSSR count). The van der Waals surface area contributed by atoms with E-state index in [0.29, 0.717) is 73.6 Å². The predicted octanol–water partition coefficient (Wildman–Crippen LogP) is 7.13. The molecule has 5 aromatic rings. The highest BCUT2D eigenvalue weighted by molar-refractivity contribution is 6.31. The van der Waals surface area contributed by atoms with Crippen molar-refractivity contribution < 1.29 is 38.1 Å². The van der Waals surface area contributed by atoms with Crippen molar-refractivity contribution in [3.8, 4) is 39.4 Å². The second kappa shape index (κ2) is 19.1. The van der Waals surface area contributed by atoms with E-state index in [2.05, 4.69) is 20.6 Å². The van der Waals surface area contributed by atoms with Crippen LogP contribution in [0.1, 0.15) is 73.9 Å². The minimum Gasteiger partial charge on any atom is -0.493 e. The van der Waals surface area contributed by atoms with Crippen LogP contribution in [0.5, 0.6) is 5.75 Å². The Labute approximate surface area is 363 Å². The van der Waals surface area contributed by atoms with E-state index in [0.717, 1.165) is 52.9 Å². The average Bonchev–Trinajstić information content (AvgIpc) is 4.14. The first-order valence-electron chi connectivity index (χ1n) is 20.8. The zero-order valence-corrected chi connectivity index (χ0v) is 35.3. The highest BCUT2D eigenvalue weighted by atomic mass is 35.5. The third kappa shape index (κ3) is 9.11. The zero-order valence-electron chi connectivity index (χ0n) is 34.5. The smallest absolute Gasteiger partial charge is 0.407 e. The van der Waals surface area contributed by atoms with Crippen molar-refractivity contribution in [1.82, 2.24) is 40.4 Å². The van der Waals surface area contributed by atoms with E-state index < -0.39 is 24.3 Å². The summed E-state index contributed by atoms with van der Waals surface area (Å²) in [5.74, 6) is 1.47. The maximum atomic E-state index is 14.1. The number of likely N-dealkylation sites (tertiary alicyclic amines) is 1. The van der Waals surface area contributed by atoms with Gasteiger partial charge < -0.3 is 49.3 Å².